The van der Waals surface area contributed by atoms with E-state index in [0.29, 0.717) is 12.5 Å². The van der Waals surface area contributed by atoms with Crippen molar-refractivity contribution in [2.45, 2.75) is 6.42 Å². The van der Waals surface area contributed by atoms with Crippen LogP contribution >= 0.6 is 0 Å². The van der Waals surface area contributed by atoms with Gasteiger partial charge in [0.05, 0.1) is 4.92 Å². The van der Waals surface area contributed by atoms with E-state index >= 15 is 0 Å². The van der Waals surface area contributed by atoms with Gasteiger partial charge in [0.1, 0.15) is 0 Å². The van der Waals surface area contributed by atoms with E-state index in [1.165, 1.54) is 12.1 Å². The molecule has 110 valence electrons. The lowest BCUT2D eigenvalue weighted by Crippen LogP contribution is -2.09. The van der Waals surface area contributed by atoms with Crippen LogP contribution in [0.5, 0.6) is 0 Å². The van der Waals surface area contributed by atoms with Gasteiger partial charge in [-0.2, -0.15) is 9.37 Å². The predicted octanol–water partition coefficient (Wildman–Crippen LogP) is 3.06. The summed E-state index contributed by atoms with van der Waals surface area (Å²) in [5.74, 6) is -4.10. The fourth-order valence-electron chi connectivity index (χ4n) is 1.68. The number of anilines is 1. The summed E-state index contributed by atoms with van der Waals surface area (Å²) in [5.41, 5.74) is 0.746. The molecule has 0 aliphatic rings. The lowest BCUT2D eigenvalue weighted by Gasteiger charge is -2.07. The van der Waals surface area contributed by atoms with Crippen LogP contribution in [0.2, 0.25) is 0 Å². The molecule has 1 N–H and O–H groups in total. The van der Waals surface area contributed by atoms with E-state index in [-0.39, 0.29) is 18.1 Å². The number of hydrogen-bond acceptors (Lipinski definition) is 4. The van der Waals surface area contributed by atoms with Crippen LogP contribution in [-0.2, 0) is 6.42 Å². The zero-order valence-corrected chi connectivity index (χ0v) is 10.6. The number of benzene rings is 1. The largest absolute Gasteiger partial charge is 0.367 e. The zero-order valence-electron chi connectivity index (χ0n) is 10.6. The Bertz CT molecular complexity index is 662. The second kappa shape index (κ2) is 6.21. The number of non-ortho nitro benzene ring substituents is 1. The molecule has 0 atom stereocenters. The summed E-state index contributed by atoms with van der Waals surface area (Å²) in [6.45, 7) is 0.215. The molecule has 0 fully saturated rings. The molecule has 8 heteroatoms. The van der Waals surface area contributed by atoms with Crippen molar-refractivity contribution in [2.75, 3.05) is 11.9 Å². The van der Waals surface area contributed by atoms with Gasteiger partial charge in [-0.1, -0.05) is 12.1 Å². The van der Waals surface area contributed by atoms with Gasteiger partial charge in [0.2, 0.25) is 0 Å². The Morgan fingerprint density at radius 3 is 2.43 bits per heavy atom. The summed E-state index contributed by atoms with van der Waals surface area (Å²) in [7, 11) is 0. The molecule has 0 spiro atoms. The van der Waals surface area contributed by atoms with E-state index < -0.39 is 22.5 Å². The quantitative estimate of drug-likeness (QED) is 0.523. The maximum Gasteiger partial charge on any atom is 0.269 e. The molecule has 1 aromatic carbocycles. The Morgan fingerprint density at radius 1 is 1.14 bits per heavy atom. The average Bonchev–Trinajstić information content (AvgIpc) is 2.45. The maximum absolute atomic E-state index is 13.3. The van der Waals surface area contributed by atoms with Crippen molar-refractivity contribution in [3.8, 4) is 0 Å². The normalized spacial score (nSPS) is 10.4. The third-order valence-corrected chi connectivity index (χ3v) is 2.74. The highest BCUT2D eigenvalue weighted by atomic mass is 19.2. The molecule has 0 saturated carbocycles. The van der Waals surface area contributed by atoms with Gasteiger partial charge >= 0.3 is 0 Å². The van der Waals surface area contributed by atoms with E-state index in [1.807, 2.05) is 0 Å². The molecule has 0 unspecified atom stereocenters. The number of nitrogens with one attached hydrogen (secondary N) is 1. The molecule has 0 amide bonds. The fraction of sp³-hybridized carbons (Fsp3) is 0.154. The molecule has 0 saturated heterocycles. The molecule has 0 aliphatic carbocycles. The summed E-state index contributed by atoms with van der Waals surface area (Å²) in [6, 6.07) is 6.25. The van der Waals surface area contributed by atoms with Crippen LogP contribution in [0.3, 0.4) is 0 Å². The van der Waals surface area contributed by atoms with Crippen molar-refractivity contribution in [3.05, 3.63) is 63.6 Å². The number of nitrogens with zero attached hydrogens (tertiary/aromatic N) is 2. The number of pyridine rings is 1. The van der Waals surface area contributed by atoms with Gasteiger partial charge in [0, 0.05) is 24.7 Å². The number of halogens is 3. The minimum absolute atomic E-state index is 0.0278. The molecule has 0 aliphatic heterocycles. The van der Waals surface area contributed by atoms with Crippen LogP contribution < -0.4 is 5.32 Å². The number of nitro benzene ring substituents is 1. The van der Waals surface area contributed by atoms with Gasteiger partial charge in [0.25, 0.3) is 11.6 Å². The first-order valence-corrected chi connectivity index (χ1v) is 5.96. The summed E-state index contributed by atoms with van der Waals surface area (Å²) >= 11 is 0. The Balaban J connectivity index is 1.95. The minimum atomic E-state index is -1.38. The van der Waals surface area contributed by atoms with E-state index in [1.54, 1.807) is 12.1 Å². The van der Waals surface area contributed by atoms with E-state index in [4.69, 9.17) is 0 Å². The van der Waals surface area contributed by atoms with Gasteiger partial charge < -0.3 is 5.32 Å². The highest BCUT2D eigenvalue weighted by Gasteiger charge is 2.11. The molecule has 0 bridgehead atoms. The van der Waals surface area contributed by atoms with Gasteiger partial charge in [0.15, 0.2) is 17.5 Å². The van der Waals surface area contributed by atoms with Gasteiger partial charge in [-0.3, -0.25) is 10.1 Å². The van der Waals surface area contributed by atoms with Crippen LogP contribution in [-0.4, -0.2) is 16.5 Å². The topological polar surface area (TPSA) is 68.1 Å². The molecule has 21 heavy (non-hydrogen) atoms. The predicted molar refractivity (Wildman–Crippen MR) is 69.4 cm³/mol. The molecule has 0 radical (unpaired) electrons. The standard InChI is InChI=1S/C13H10F3N3O2/c14-10-7-11(15)13(18-12(10)16)17-6-5-8-1-3-9(4-2-8)19(20)21/h1-4,7H,5-6H2,(H,17,18). The Kier molecular flexibility index (Phi) is 4.36. The number of hydrogen-bond donors (Lipinski definition) is 1. The Morgan fingerprint density at radius 2 is 1.81 bits per heavy atom. The van der Waals surface area contributed by atoms with Crippen LogP contribution in [0, 0.1) is 27.7 Å². The second-order valence-corrected chi connectivity index (χ2v) is 4.19. The fourth-order valence-corrected chi connectivity index (χ4v) is 1.68. The highest BCUT2D eigenvalue weighted by Crippen LogP contribution is 2.15. The average molecular weight is 297 g/mol. The van der Waals surface area contributed by atoms with E-state index in [2.05, 4.69) is 10.3 Å². The lowest BCUT2D eigenvalue weighted by molar-refractivity contribution is -0.384. The van der Waals surface area contributed by atoms with Crippen LogP contribution in [0.15, 0.2) is 30.3 Å². The SMILES string of the molecule is O=[N+]([O-])c1ccc(CCNc2nc(F)c(F)cc2F)cc1. The van der Waals surface area contributed by atoms with Crippen LogP contribution in [0.4, 0.5) is 24.7 Å². The second-order valence-electron chi connectivity index (χ2n) is 4.19. The summed E-state index contributed by atoms with van der Waals surface area (Å²) < 4.78 is 38.9. The van der Waals surface area contributed by atoms with E-state index in [9.17, 15) is 23.3 Å². The molecular weight excluding hydrogens is 287 g/mol. The highest BCUT2D eigenvalue weighted by molar-refractivity contribution is 5.37. The monoisotopic (exact) mass is 297 g/mol. The molecular formula is C13H10F3N3O2. The number of rotatable bonds is 5. The maximum atomic E-state index is 13.3. The van der Waals surface area contributed by atoms with Gasteiger partial charge in [-0.05, 0) is 12.0 Å². The summed E-state index contributed by atoms with van der Waals surface area (Å²) in [5, 5.41) is 13.0. The van der Waals surface area contributed by atoms with Crippen molar-refractivity contribution in [1.82, 2.24) is 4.98 Å². The van der Waals surface area contributed by atoms with Gasteiger partial charge in [-0.25, -0.2) is 8.78 Å². The van der Waals surface area contributed by atoms with Crippen molar-refractivity contribution in [1.29, 1.82) is 0 Å². The van der Waals surface area contributed by atoms with Crippen LogP contribution in [0.1, 0.15) is 5.56 Å². The first kappa shape index (κ1) is 14.8. The summed E-state index contributed by atoms with van der Waals surface area (Å²) in [6.07, 6.45) is 0.415. The number of aromatic nitrogens is 1. The third kappa shape index (κ3) is 3.68. The first-order chi connectivity index (χ1) is 9.97. The lowest BCUT2D eigenvalue weighted by atomic mass is 10.1. The molecule has 1 aromatic heterocycles. The third-order valence-electron chi connectivity index (χ3n) is 2.74. The van der Waals surface area contributed by atoms with Crippen molar-refractivity contribution < 1.29 is 18.1 Å². The van der Waals surface area contributed by atoms with Crippen molar-refractivity contribution in [2.24, 2.45) is 0 Å². The van der Waals surface area contributed by atoms with Crippen molar-refractivity contribution >= 4 is 11.5 Å². The Hall–Kier alpha value is -2.64. The molecule has 5 nitrogen and oxygen atoms in total. The summed E-state index contributed by atoms with van der Waals surface area (Å²) in [4.78, 5) is 13.1. The smallest absolute Gasteiger partial charge is 0.269 e. The molecule has 2 rings (SSSR count). The number of nitro groups is 1. The zero-order chi connectivity index (χ0) is 15.4. The first-order valence-electron chi connectivity index (χ1n) is 5.96. The van der Waals surface area contributed by atoms with Crippen molar-refractivity contribution in [3.63, 3.8) is 0 Å². The minimum Gasteiger partial charge on any atom is -0.367 e. The van der Waals surface area contributed by atoms with Gasteiger partial charge in [-0.15, -0.1) is 0 Å². The molecule has 2 aromatic rings. The van der Waals surface area contributed by atoms with E-state index in [0.717, 1.165) is 5.56 Å². The van der Waals surface area contributed by atoms with Crippen LogP contribution in [0.25, 0.3) is 0 Å². The Labute approximate surface area is 117 Å². The molecule has 1 heterocycles.